The summed E-state index contributed by atoms with van der Waals surface area (Å²) >= 11 is 0. The van der Waals surface area contributed by atoms with E-state index in [4.69, 9.17) is 14.0 Å². The van der Waals surface area contributed by atoms with Gasteiger partial charge in [-0.2, -0.15) is 0 Å². The van der Waals surface area contributed by atoms with Crippen LogP contribution in [0, 0.1) is 6.92 Å². The molecule has 0 unspecified atom stereocenters. The molecule has 6 heteroatoms. The Morgan fingerprint density at radius 2 is 2.21 bits per heavy atom. The first-order valence-corrected chi connectivity index (χ1v) is 5.82. The molecule has 2 heterocycles. The summed E-state index contributed by atoms with van der Waals surface area (Å²) in [4.78, 5) is 11.9. The minimum atomic E-state index is -0.212. The molecule has 6 nitrogen and oxygen atoms in total. The van der Waals surface area contributed by atoms with E-state index in [0.29, 0.717) is 23.6 Å². The highest BCUT2D eigenvalue weighted by atomic mass is 16.7. The predicted octanol–water partition coefficient (Wildman–Crippen LogP) is 1.64. The molecule has 0 atom stereocenters. The van der Waals surface area contributed by atoms with Gasteiger partial charge < -0.3 is 19.3 Å². The lowest BCUT2D eigenvalue weighted by Gasteiger charge is -2.05. The molecule has 1 N–H and O–H groups in total. The third kappa shape index (κ3) is 2.24. The van der Waals surface area contributed by atoms with E-state index in [1.807, 2.05) is 18.2 Å². The second-order valence-corrected chi connectivity index (χ2v) is 4.18. The topological polar surface area (TPSA) is 73.6 Å². The summed E-state index contributed by atoms with van der Waals surface area (Å²) in [6, 6.07) is 5.56. The van der Waals surface area contributed by atoms with Crippen LogP contribution in [0.15, 0.2) is 29.0 Å². The van der Waals surface area contributed by atoms with Gasteiger partial charge in [-0.1, -0.05) is 11.2 Å². The Hall–Kier alpha value is -2.50. The molecule has 0 fully saturated rings. The molecule has 0 aliphatic carbocycles. The Kier molecular flexibility index (Phi) is 2.83. The van der Waals surface area contributed by atoms with Gasteiger partial charge in [0.15, 0.2) is 11.5 Å². The van der Waals surface area contributed by atoms with E-state index in [2.05, 4.69) is 10.5 Å². The van der Waals surface area contributed by atoms with Gasteiger partial charge in [0.05, 0.1) is 5.69 Å². The van der Waals surface area contributed by atoms with Gasteiger partial charge in [-0.3, -0.25) is 4.79 Å². The van der Waals surface area contributed by atoms with Gasteiger partial charge in [-0.05, 0) is 24.6 Å². The number of carbonyl (C=O) groups is 1. The maximum atomic E-state index is 11.9. The first-order valence-electron chi connectivity index (χ1n) is 5.82. The Morgan fingerprint density at radius 1 is 1.37 bits per heavy atom. The maximum Gasteiger partial charge on any atom is 0.256 e. The Labute approximate surface area is 109 Å². The van der Waals surface area contributed by atoms with Gasteiger partial charge in [0.1, 0.15) is 11.8 Å². The lowest BCUT2D eigenvalue weighted by Crippen LogP contribution is -2.23. The van der Waals surface area contributed by atoms with Crippen LogP contribution in [0.1, 0.15) is 21.6 Å². The third-order valence-corrected chi connectivity index (χ3v) is 2.88. The van der Waals surface area contributed by atoms with Crippen LogP contribution in [-0.4, -0.2) is 17.9 Å². The first kappa shape index (κ1) is 11.6. The number of amides is 1. The summed E-state index contributed by atoms with van der Waals surface area (Å²) in [6.45, 7) is 2.37. The van der Waals surface area contributed by atoms with Gasteiger partial charge in [-0.25, -0.2) is 0 Å². The van der Waals surface area contributed by atoms with Crippen molar-refractivity contribution in [3.8, 4) is 11.5 Å². The van der Waals surface area contributed by atoms with Crippen LogP contribution < -0.4 is 14.8 Å². The molecule has 2 aromatic rings. The zero-order valence-electron chi connectivity index (χ0n) is 10.3. The van der Waals surface area contributed by atoms with Crippen LogP contribution in [0.3, 0.4) is 0 Å². The van der Waals surface area contributed by atoms with Crippen molar-refractivity contribution in [2.45, 2.75) is 13.5 Å². The number of hydrogen-bond donors (Lipinski definition) is 1. The summed E-state index contributed by atoms with van der Waals surface area (Å²) in [5.41, 5.74) is 1.95. The minimum absolute atomic E-state index is 0.212. The third-order valence-electron chi connectivity index (χ3n) is 2.88. The Balaban J connectivity index is 1.66. The fourth-order valence-electron chi connectivity index (χ4n) is 1.84. The van der Waals surface area contributed by atoms with E-state index < -0.39 is 0 Å². The molecule has 0 radical (unpaired) electrons. The van der Waals surface area contributed by atoms with Crippen LogP contribution >= 0.6 is 0 Å². The number of aryl methyl sites for hydroxylation is 1. The fourth-order valence-corrected chi connectivity index (χ4v) is 1.84. The Morgan fingerprint density at radius 3 is 3.00 bits per heavy atom. The van der Waals surface area contributed by atoms with E-state index in [1.165, 1.54) is 6.26 Å². The molecule has 0 spiro atoms. The van der Waals surface area contributed by atoms with Crippen molar-refractivity contribution in [2.75, 3.05) is 6.79 Å². The lowest BCUT2D eigenvalue weighted by atomic mass is 10.2. The van der Waals surface area contributed by atoms with Gasteiger partial charge in [0, 0.05) is 6.54 Å². The van der Waals surface area contributed by atoms with Crippen molar-refractivity contribution in [3.63, 3.8) is 0 Å². The average molecular weight is 260 g/mol. The van der Waals surface area contributed by atoms with Crippen LogP contribution in [0.25, 0.3) is 0 Å². The van der Waals surface area contributed by atoms with Crippen molar-refractivity contribution in [1.82, 2.24) is 10.5 Å². The zero-order chi connectivity index (χ0) is 13.2. The average Bonchev–Trinajstić information content (AvgIpc) is 3.03. The van der Waals surface area contributed by atoms with Gasteiger partial charge in [0.25, 0.3) is 5.91 Å². The van der Waals surface area contributed by atoms with Crippen molar-refractivity contribution >= 4 is 5.91 Å². The number of fused-ring (bicyclic) bond motifs is 1. The van der Waals surface area contributed by atoms with E-state index in [-0.39, 0.29) is 12.7 Å². The molecule has 1 amide bonds. The highest BCUT2D eigenvalue weighted by Crippen LogP contribution is 2.32. The molecule has 3 rings (SSSR count). The van der Waals surface area contributed by atoms with Crippen molar-refractivity contribution < 1.29 is 18.8 Å². The van der Waals surface area contributed by atoms with Crippen molar-refractivity contribution in [2.24, 2.45) is 0 Å². The van der Waals surface area contributed by atoms with Gasteiger partial charge in [0.2, 0.25) is 6.79 Å². The molecule has 0 saturated heterocycles. The largest absolute Gasteiger partial charge is 0.454 e. The number of hydrogen-bond acceptors (Lipinski definition) is 5. The number of nitrogens with zero attached hydrogens (tertiary/aromatic N) is 1. The maximum absolute atomic E-state index is 11.9. The highest BCUT2D eigenvalue weighted by molar-refractivity contribution is 5.94. The van der Waals surface area contributed by atoms with Crippen LogP contribution in [0.2, 0.25) is 0 Å². The van der Waals surface area contributed by atoms with Gasteiger partial charge >= 0.3 is 0 Å². The zero-order valence-corrected chi connectivity index (χ0v) is 10.3. The first-order chi connectivity index (χ1) is 9.24. The van der Waals surface area contributed by atoms with Crippen molar-refractivity contribution in [1.29, 1.82) is 0 Å². The van der Waals surface area contributed by atoms with Crippen LogP contribution in [0.5, 0.6) is 11.5 Å². The summed E-state index contributed by atoms with van der Waals surface area (Å²) in [7, 11) is 0. The standard InChI is InChI=1S/C13H12N2O4/c1-8-10(6-19-15-8)13(16)14-5-9-2-3-11-12(4-9)18-7-17-11/h2-4,6H,5,7H2,1H3,(H,14,16). The number of nitrogens with one attached hydrogen (secondary N) is 1. The molecular formula is C13H12N2O4. The molecular weight excluding hydrogens is 248 g/mol. The van der Waals surface area contributed by atoms with E-state index in [1.54, 1.807) is 6.92 Å². The number of carbonyl (C=O) groups excluding carboxylic acids is 1. The molecule has 19 heavy (non-hydrogen) atoms. The highest BCUT2D eigenvalue weighted by Gasteiger charge is 2.15. The summed E-state index contributed by atoms with van der Waals surface area (Å²) in [6.07, 6.45) is 1.34. The summed E-state index contributed by atoms with van der Waals surface area (Å²) in [5, 5.41) is 6.47. The van der Waals surface area contributed by atoms with Gasteiger partial charge in [-0.15, -0.1) is 0 Å². The predicted molar refractivity (Wildman–Crippen MR) is 65.0 cm³/mol. The Bertz CT molecular complexity index is 621. The molecule has 0 saturated carbocycles. The lowest BCUT2D eigenvalue weighted by molar-refractivity contribution is 0.0949. The van der Waals surface area contributed by atoms with Crippen LogP contribution in [-0.2, 0) is 6.54 Å². The smallest absolute Gasteiger partial charge is 0.256 e. The fraction of sp³-hybridized carbons (Fsp3) is 0.231. The molecule has 1 aromatic carbocycles. The van der Waals surface area contributed by atoms with E-state index >= 15 is 0 Å². The SMILES string of the molecule is Cc1nocc1C(=O)NCc1ccc2c(c1)OCO2. The summed E-state index contributed by atoms with van der Waals surface area (Å²) < 4.78 is 15.2. The van der Waals surface area contributed by atoms with E-state index in [0.717, 1.165) is 11.3 Å². The quantitative estimate of drug-likeness (QED) is 0.908. The molecule has 98 valence electrons. The number of ether oxygens (including phenoxy) is 2. The van der Waals surface area contributed by atoms with E-state index in [9.17, 15) is 4.79 Å². The molecule has 0 bridgehead atoms. The number of rotatable bonds is 3. The van der Waals surface area contributed by atoms with Crippen LogP contribution in [0.4, 0.5) is 0 Å². The van der Waals surface area contributed by atoms with Crippen molar-refractivity contribution in [3.05, 3.63) is 41.3 Å². The monoisotopic (exact) mass is 260 g/mol. The number of aromatic nitrogens is 1. The second-order valence-electron chi connectivity index (χ2n) is 4.18. The molecule has 1 aromatic heterocycles. The molecule has 1 aliphatic heterocycles. The number of benzene rings is 1. The second kappa shape index (κ2) is 4.64. The minimum Gasteiger partial charge on any atom is -0.454 e. The normalized spacial score (nSPS) is 12.5. The molecule has 1 aliphatic rings. The summed E-state index contributed by atoms with van der Waals surface area (Å²) in [5.74, 6) is 1.22.